The predicted molar refractivity (Wildman–Crippen MR) is 44.6 cm³/mol. The second kappa shape index (κ2) is 5.85. The van der Waals surface area contributed by atoms with Crippen LogP contribution < -0.4 is 5.32 Å². The maximum atomic E-state index is 11.7. The van der Waals surface area contributed by atoms with E-state index in [0.717, 1.165) is 0 Å². The van der Waals surface area contributed by atoms with Crippen molar-refractivity contribution < 1.29 is 23.1 Å². The summed E-state index contributed by atoms with van der Waals surface area (Å²) in [6.07, 6.45) is -3.25. The molecule has 0 aliphatic heterocycles. The Labute approximate surface area is 80.3 Å². The summed E-state index contributed by atoms with van der Waals surface area (Å²) < 4.78 is 35.2. The van der Waals surface area contributed by atoms with E-state index in [1.54, 1.807) is 0 Å². The highest BCUT2D eigenvalue weighted by Gasteiger charge is 2.38. The quantitative estimate of drug-likeness (QED) is 0.674. The smallest absolute Gasteiger partial charge is 0.396 e. The minimum absolute atomic E-state index is 0.0138. The lowest BCUT2D eigenvalue weighted by molar-refractivity contribution is -0.174. The molecule has 0 heterocycles. The Bertz CT molecular complexity index is 182. The Kier molecular flexibility index (Phi) is 5.52. The molecule has 0 aromatic rings. The summed E-state index contributed by atoms with van der Waals surface area (Å²) in [6.45, 7) is 1.51. The third-order valence-corrected chi connectivity index (χ3v) is 1.68. The third-order valence-electron chi connectivity index (χ3n) is 1.68. The van der Waals surface area contributed by atoms with Crippen LogP contribution in [0.3, 0.4) is 0 Å². The zero-order valence-corrected chi connectivity index (χ0v) is 7.90. The highest BCUT2D eigenvalue weighted by molar-refractivity contribution is 5.81. The number of carbonyl (C=O) groups is 1. The topological polar surface area (TPSA) is 49.3 Å². The van der Waals surface area contributed by atoms with Crippen molar-refractivity contribution in [2.45, 2.75) is 38.4 Å². The molecule has 14 heavy (non-hydrogen) atoms. The number of unbranched alkanes of at least 4 members (excludes halogenated alkanes) is 1. The number of alkyl halides is 3. The van der Waals surface area contributed by atoms with Crippen molar-refractivity contribution in [3.8, 4) is 0 Å². The average molecular weight is 213 g/mol. The molecule has 0 saturated carbocycles. The molecular weight excluding hydrogens is 199 g/mol. The van der Waals surface area contributed by atoms with Crippen molar-refractivity contribution in [1.82, 2.24) is 5.32 Å². The molecule has 6 heteroatoms. The molecule has 2 N–H and O–H groups in total. The summed E-state index contributed by atoms with van der Waals surface area (Å²) in [6, 6.07) is -0.518. The number of aliphatic hydroxyl groups excluding tert-OH is 1. The van der Waals surface area contributed by atoms with E-state index in [0.29, 0.717) is 19.3 Å². The number of aliphatic hydroxyl groups is 1. The number of hydrogen-bond donors (Lipinski definition) is 2. The first-order valence-corrected chi connectivity index (χ1v) is 4.36. The summed E-state index contributed by atoms with van der Waals surface area (Å²) in [7, 11) is 0. The fourth-order valence-electron chi connectivity index (χ4n) is 0.940. The molecule has 0 radical (unpaired) electrons. The van der Waals surface area contributed by atoms with E-state index >= 15 is 0 Å². The van der Waals surface area contributed by atoms with Crippen molar-refractivity contribution in [3.05, 3.63) is 0 Å². The molecule has 1 amide bonds. The van der Waals surface area contributed by atoms with E-state index in [-0.39, 0.29) is 6.61 Å². The zero-order chi connectivity index (χ0) is 11.2. The van der Waals surface area contributed by atoms with E-state index < -0.39 is 18.1 Å². The van der Waals surface area contributed by atoms with Gasteiger partial charge in [0.25, 0.3) is 0 Å². The summed E-state index contributed by atoms with van der Waals surface area (Å²) >= 11 is 0. The van der Waals surface area contributed by atoms with Gasteiger partial charge in [-0.05, 0) is 26.2 Å². The monoisotopic (exact) mass is 213 g/mol. The van der Waals surface area contributed by atoms with Crippen molar-refractivity contribution in [3.63, 3.8) is 0 Å². The number of hydrogen-bond acceptors (Lipinski definition) is 2. The van der Waals surface area contributed by atoms with Gasteiger partial charge in [-0.1, -0.05) is 0 Å². The van der Waals surface area contributed by atoms with Gasteiger partial charge in [0.2, 0.25) is 0 Å². The standard InChI is InChI=1S/C8H14F3NO2/c1-6(4-2-3-5-13)12-7(14)8(9,10)11/h6,13H,2-5H2,1H3,(H,12,14)/t6-/m0/s1. The molecule has 3 nitrogen and oxygen atoms in total. The average Bonchev–Trinajstić information content (AvgIpc) is 2.03. The lowest BCUT2D eigenvalue weighted by atomic mass is 10.1. The molecule has 0 fully saturated rings. The minimum Gasteiger partial charge on any atom is -0.396 e. The molecule has 0 bridgehead atoms. The second-order valence-corrected chi connectivity index (χ2v) is 3.09. The lowest BCUT2D eigenvalue weighted by Crippen LogP contribution is -2.41. The van der Waals surface area contributed by atoms with Crippen molar-refractivity contribution in [2.75, 3.05) is 6.61 Å². The lowest BCUT2D eigenvalue weighted by Gasteiger charge is -2.14. The third kappa shape index (κ3) is 5.80. The first kappa shape index (κ1) is 13.2. The van der Waals surface area contributed by atoms with Gasteiger partial charge in [-0.25, -0.2) is 0 Å². The number of rotatable bonds is 5. The molecule has 0 spiro atoms. The van der Waals surface area contributed by atoms with Crippen LogP contribution in [0.15, 0.2) is 0 Å². The maximum Gasteiger partial charge on any atom is 0.471 e. The number of nitrogens with one attached hydrogen (secondary N) is 1. The highest BCUT2D eigenvalue weighted by atomic mass is 19.4. The summed E-state index contributed by atoms with van der Waals surface area (Å²) in [5, 5.41) is 10.3. The largest absolute Gasteiger partial charge is 0.471 e. The van der Waals surface area contributed by atoms with Crippen LogP contribution in [-0.2, 0) is 4.79 Å². The Morgan fingerprint density at radius 2 is 2.00 bits per heavy atom. The van der Waals surface area contributed by atoms with Crippen LogP contribution in [0.4, 0.5) is 13.2 Å². The summed E-state index contributed by atoms with van der Waals surface area (Å²) in [5.41, 5.74) is 0. The van der Waals surface area contributed by atoms with Gasteiger partial charge in [0.05, 0.1) is 0 Å². The predicted octanol–water partition coefficient (Wildman–Crippen LogP) is 1.22. The van der Waals surface area contributed by atoms with Crippen molar-refractivity contribution in [2.24, 2.45) is 0 Å². The minimum atomic E-state index is -4.81. The van der Waals surface area contributed by atoms with E-state index in [9.17, 15) is 18.0 Å². The van der Waals surface area contributed by atoms with Gasteiger partial charge in [-0.15, -0.1) is 0 Å². The van der Waals surface area contributed by atoms with Crippen molar-refractivity contribution >= 4 is 5.91 Å². The maximum absolute atomic E-state index is 11.7. The molecule has 0 unspecified atom stereocenters. The Hall–Kier alpha value is -0.780. The second-order valence-electron chi connectivity index (χ2n) is 3.09. The van der Waals surface area contributed by atoms with Crippen LogP contribution in [-0.4, -0.2) is 29.8 Å². The molecule has 84 valence electrons. The first-order chi connectivity index (χ1) is 6.38. The molecular formula is C8H14F3NO2. The van der Waals surface area contributed by atoms with Gasteiger partial charge in [0, 0.05) is 12.6 Å². The van der Waals surface area contributed by atoms with Gasteiger partial charge in [-0.2, -0.15) is 13.2 Å². The molecule has 0 aromatic carbocycles. The summed E-state index contributed by atoms with van der Waals surface area (Å²) in [5.74, 6) is -1.91. The SMILES string of the molecule is C[C@@H](CCCCO)NC(=O)C(F)(F)F. The molecule has 0 aliphatic rings. The van der Waals surface area contributed by atoms with E-state index in [1.807, 2.05) is 5.32 Å². The Balaban J connectivity index is 3.72. The molecule has 0 aliphatic carbocycles. The highest BCUT2D eigenvalue weighted by Crippen LogP contribution is 2.15. The van der Waals surface area contributed by atoms with Crippen LogP contribution in [0.1, 0.15) is 26.2 Å². The van der Waals surface area contributed by atoms with E-state index in [1.165, 1.54) is 6.92 Å². The zero-order valence-electron chi connectivity index (χ0n) is 7.90. The van der Waals surface area contributed by atoms with Gasteiger partial charge in [0.15, 0.2) is 0 Å². The van der Waals surface area contributed by atoms with Crippen LogP contribution >= 0.6 is 0 Å². The number of carbonyl (C=O) groups excluding carboxylic acids is 1. The fourth-order valence-corrected chi connectivity index (χ4v) is 0.940. The molecule has 0 aromatic heterocycles. The van der Waals surface area contributed by atoms with Gasteiger partial charge < -0.3 is 10.4 Å². The fraction of sp³-hybridized carbons (Fsp3) is 0.875. The van der Waals surface area contributed by atoms with Gasteiger partial charge >= 0.3 is 12.1 Å². The van der Waals surface area contributed by atoms with Gasteiger partial charge in [-0.3, -0.25) is 4.79 Å². The normalized spacial score (nSPS) is 13.8. The van der Waals surface area contributed by atoms with Crippen LogP contribution in [0, 0.1) is 0 Å². The number of halogens is 3. The molecule has 0 saturated heterocycles. The number of amides is 1. The Morgan fingerprint density at radius 3 is 2.43 bits per heavy atom. The van der Waals surface area contributed by atoms with E-state index in [4.69, 9.17) is 5.11 Å². The van der Waals surface area contributed by atoms with Crippen molar-refractivity contribution in [1.29, 1.82) is 0 Å². The molecule has 0 rings (SSSR count). The van der Waals surface area contributed by atoms with E-state index in [2.05, 4.69) is 0 Å². The first-order valence-electron chi connectivity index (χ1n) is 4.36. The summed E-state index contributed by atoms with van der Waals surface area (Å²) in [4.78, 5) is 10.4. The molecule has 1 atom stereocenters. The van der Waals surface area contributed by atoms with Crippen LogP contribution in [0.25, 0.3) is 0 Å². The Morgan fingerprint density at radius 1 is 1.43 bits per heavy atom. The van der Waals surface area contributed by atoms with Crippen LogP contribution in [0.5, 0.6) is 0 Å². The van der Waals surface area contributed by atoms with Crippen LogP contribution in [0.2, 0.25) is 0 Å². The van der Waals surface area contributed by atoms with Gasteiger partial charge in [0.1, 0.15) is 0 Å².